The van der Waals surface area contributed by atoms with Crippen molar-refractivity contribution in [2.45, 2.75) is 12.3 Å². The fraction of sp³-hybridized carbons (Fsp3) is 0.200. The van der Waals surface area contributed by atoms with Crippen LogP contribution in [0.25, 0.3) is 0 Å². The van der Waals surface area contributed by atoms with E-state index in [1.807, 2.05) is 60.5 Å². The highest BCUT2D eigenvalue weighted by atomic mass is 16.5. The third-order valence-corrected chi connectivity index (χ3v) is 5.67. The monoisotopic (exact) mass is 382 g/mol. The van der Waals surface area contributed by atoms with E-state index in [0.717, 1.165) is 52.4 Å². The van der Waals surface area contributed by atoms with Crippen molar-refractivity contribution < 1.29 is 9.53 Å². The van der Waals surface area contributed by atoms with Gasteiger partial charge in [-0.1, -0.05) is 60.7 Å². The molecule has 2 aliphatic heterocycles. The number of carbonyl (C=O) groups excluding carboxylic acids is 1. The number of ether oxygens (including phenoxy) is 1. The van der Waals surface area contributed by atoms with E-state index < -0.39 is 0 Å². The van der Waals surface area contributed by atoms with Gasteiger partial charge in [-0.3, -0.25) is 4.79 Å². The van der Waals surface area contributed by atoms with Crippen molar-refractivity contribution in [3.8, 4) is 5.75 Å². The minimum atomic E-state index is 0.0426. The van der Waals surface area contributed by atoms with Gasteiger partial charge >= 0.3 is 0 Å². The fourth-order valence-corrected chi connectivity index (χ4v) is 4.27. The lowest BCUT2D eigenvalue weighted by molar-refractivity contribution is 0.0747. The van der Waals surface area contributed by atoms with Crippen molar-refractivity contribution in [2.24, 2.45) is 4.99 Å². The molecule has 0 N–H and O–H groups in total. The second kappa shape index (κ2) is 7.21. The van der Waals surface area contributed by atoms with Gasteiger partial charge in [0.05, 0.1) is 18.0 Å². The summed E-state index contributed by atoms with van der Waals surface area (Å²) >= 11 is 0. The number of benzene rings is 3. The van der Waals surface area contributed by atoms with E-state index in [0.29, 0.717) is 12.5 Å². The molecule has 0 saturated carbocycles. The van der Waals surface area contributed by atoms with Gasteiger partial charge in [-0.05, 0) is 12.5 Å². The fourth-order valence-electron chi connectivity index (χ4n) is 4.27. The number of hydrogen-bond donors (Lipinski definition) is 0. The van der Waals surface area contributed by atoms with Crippen LogP contribution in [0.15, 0.2) is 77.8 Å². The summed E-state index contributed by atoms with van der Waals surface area (Å²) in [6.07, 6.45) is 0.944. The van der Waals surface area contributed by atoms with Crippen LogP contribution >= 0.6 is 0 Å². The number of carbonyl (C=O) groups is 1. The van der Waals surface area contributed by atoms with Gasteiger partial charge in [0.15, 0.2) is 0 Å². The number of likely N-dealkylation sites (N-methyl/N-ethyl adjacent to an activating group) is 1. The molecule has 1 atom stereocenters. The molecular weight excluding hydrogens is 360 g/mol. The Hall–Kier alpha value is -3.40. The maximum Gasteiger partial charge on any atom is 0.254 e. The number of hydrogen-bond acceptors (Lipinski definition) is 3. The standard InChI is InChI=1S/C25H22N2O2/c1-27-16-19-12-13-29-22-15-20(14-21(23(19)22)25(27)28)26-24(17-8-4-2-5-9-17)18-10-6-3-7-11-18/h2-11,14-15,19H,12-13,16H2,1H3. The molecule has 0 spiro atoms. The van der Waals surface area contributed by atoms with Crippen molar-refractivity contribution in [1.82, 2.24) is 4.90 Å². The van der Waals surface area contributed by atoms with E-state index in [-0.39, 0.29) is 5.91 Å². The summed E-state index contributed by atoms with van der Waals surface area (Å²) in [4.78, 5) is 19.7. The molecule has 29 heavy (non-hydrogen) atoms. The average Bonchev–Trinajstić information content (AvgIpc) is 2.77. The minimum Gasteiger partial charge on any atom is -0.493 e. The first kappa shape index (κ1) is 17.7. The van der Waals surface area contributed by atoms with Gasteiger partial charge in [-0.15, -0.1) is 0 Å². The van der Waals surface area contributed by atoms with Crippen LogP contribution in [-0.2, 0) is 0 Å². The van der Waals surface area contributed by atoms with Gasteiger partial charge in [0.25, 0.3) is 5.91 Å². The Bertz CT molecular complexity index is 1050. The molecule has 144 valence electrons. The highest BCUT2D eigenvalue weighted by Crippen LogP contribution is 2.42. The molecule has 0 fully saturated rings. The summed E-state index contributed by atoms with van der Waals surface area (Å²) in [6.45, 7) is 1.43. The Morgan fingerprint density at radius 3 is 2.31 bits per heavy atom. The van der Waals surface area contributed by atoms with Crippen LogP contribution in [0.3, 0.4) is 0 Å². The molecule has 0 bridgehead atoms. The lowest BCUT2D eigenvalue weighted by Crippen LogP contribution is -2.39. The molecule has 3 aromatic carbocycles. The number of nitrogens with zero attached hydrogens (tertiary/aromatic N) is 2. The zero-order valence-corrected chi connectivity index (χ0v) is 16.3. The molecule has 1 amide bonds. The van der Waals surface area contributed by atoms with E-state index in [9.17, 15) is 4.79 Å². The smallest absolute Gasteiger partial charge is 0.254 e. The molecule has 2 aliphatic rings. The van der Waals surface area contributed by atoms with E-state index in [1.54, 1.807) is 0 Å². The van der Waals surface area contributed by atoms with E-state index in [4.69, 9.17) is 9.73 Å². The predicted molar refractivity (Wildman–Crippen MR) is 114 cm³/mol. The highest BCUT2D eigenvalue weighted by Gasteiger charge is 2.34. The summed E-state index contributed by atoms with van der Waals surface area (Å²) in [6, 6.07) is 24.2. The first-order valence-electron chi connectivity index (χ1n) is 9.96. The van der Waals surface area contributed by atoms with Gasteiger partial charge in [-0.2, -0.15) is 0 Å². The Balaban J connectivity index is 1.68. The van der Waals surface area contributed by atoms with Crippen LogP contribution in [0.4, 0.5) is 5.69 Å². The second-order valence-corrected chi connectivity index (χ2v) is 7.62. The summed E-state index contributed by atoms with van der Waals surface area (Å²) in [5, 5.41) is 0. The van der Waals surface area contributed by atoms with E-state index >= 15 is 0 Å². The van der Waals surface area contributed by atoms with Crippen LogP contribution in [0.2, 0.25) is 0 Å². The number of amides is 1. The Morgan fingerprint density at radius 1 is 1.00 bits per heavy atom. The molecule has 0 aliphatic carbocycles. The highest BCUT2D eigenvalue weighted by molar-refractivity contribution is 6.14. The molecular formula is C25H22N2O2. The molecule has 1 unspecified atom stereocenters. The Labute approximate surface area is 170 Å². The first-order chi connectivity index (χ1) is 14.2. The molecule has 0 radical (unpaired) electrons. The molecule has 2 heterocycles. The lowest BCUT2D eigenvalue weighted by Gasteiger charge is -2.36. The molecule has 0 saturated heterocycles. The Morgan fingerprint density at radius 2 is 1.66 bits per heavy atom. The number of aliphatic imine (C=N–C) groups is 1. The van der Waals surface area contributed by atoms with Gasteiger partial charge in [0.2, 0.25) is 0 Å². The van der Waals surface area contributed by atoms with Crippen molar-refractivity contribution in [3.63, 3.8) is 0 Å². The normalized spacial score (nSPS) is 17.3. The largest absolute Gasteiger partial charge is 0.493 e. The summed E-state index contributed by atoms with van der Waals surface area (Å²) in [5.74, 6) is 1.19. The third kappa shape index (κ3) is 3.21. The molecule has 0 aromatic heterocycles. The third-order valence-electron chi connectivity index (χ3n) is 5.67. The van der Waals surface area contributed by atoms with Gasteiger partial charge in [-0.25, -0.2) is 4.99 Å². The second-order valence-electron chi connectivity index (χ2n) is 7.62. The maximum absolute atomic E-state index is 12.9. The lowest BCUT2D eigenvalue weighted by atomic mass is 9.85. The van der Waals surface area contributed by atoms with Crippen molar-refractivity contribution in [1.29, 1.82) is 0 Å². The topological polar surface area (TPSA) is 41.9 Å². The van der Waals surface area contributed by atoms with Gasteiger partial charge in [0.1, 0.15) is 5.75 Å². The quantitative estimate of drug-likeness (QED) is 0.610. The first-order valence-corrected chi connectivity index (χ1v) is 9.96. The van der Waals surface area contributed by atoms with Crippen molar-refractivity contribution in [3.05, 3.63) is 95.1 Å². The molecule has 4 nitrogen and oxygen atoms in total. The predicted octanol–water partition coefficient (Wildman–Crippen LogP) is 4.81. The summed E-state index contributed by atoms with van der Waals surface area (Å²) in [7, 11) is 1.87. The summed E-state index contributed by atoms with van der Waals surface area (Å²) in [5.41, 5.74) is 5.46. The van der Waals surface area contributed by atoms with Crippen LogP contribution in [0.1, 0.15) is 39.4 Å². The molecule has 5 rings (SSSR count). The average molecular weight is 382 g/mol. The molecule has 3 aromatic rings. The summed E-state index contributed by atoms with van der Waals surface area (Å²) < 4.78 is 5.95. The van der Waals surface area contributed by atoms with Crippen LogP contribution in [0, 0.1) is 0 Å². The zero-order chi connectivity index (χ0) is 19.8. The van der Waals surface area contributed by atoms with E-state index in [1.165, 1.54) is 0 Å². The zero-order valence-electron chi connectivity index (χ0n) is 16.3. The number of rotatable bonds is 3. The maximum atomic E-state index is 12.9. The van der Waals surface area contributed by atoms with Crippen LogP contribution in [0.5, 0.6) is 5.75 Å². The van der Waals surface area contributed by atoms with Crippen molar-refractivity contribution in [2.75, 3.05) is 20.2 Å². The van der Waals surface area contributed by atoms with Gasteiger partial charge in [0, 0.05) is 47.8 Å². The molecule has 4 heteroatoms. The van der Waals surface area contributed by atoms with Crippen molar-refractivity contribution >= 4 is 17.3 Å². The van der Waals surface area contributed by atoms with Gasteiger partial charge < -0.3 is 9.64 Å². The van der Waals surface area contributed by atoms with E-state index in [2.05, 4.69) is 24.3 Å². The van der Waals surface area contributed by atoms with Crippen LogP contribution in [-0.4, -0.2) is 36.7 Å². The SMILES string of the molecule is CN1CC2CCOc3cc(N=C(c4ccccc4)c4ccccc4)cc(c32)C1=O. The Kier molecular flexibility index (Phi) is 4.39. The van der Waals surface area contributed by atoms with Crippen LogP contribution < -0.4 is 4.74 Å². The minimum absolute atomic E-state index is 0.0426.